The van der Waals surface area contributed by atoms with Crippen molar-refractivity contribution in [2.45, 2.75) is 31.0 Å². The topological polar surface area (TPSA) is 143 Å². The number of hydrogen-bond acceptors (Lipinski definition) is 8. The Morgan fingerprint density at radius 3 is 2.73 bits per heavy atom. The van der Waals surface area contributed by atoms with E-state index in [9.17, 15) is 23.3 Å². The van der Waals surface area contributed by atoms with Crippen LogP contribution in [0, 0.1) is 17.1 Å². The Kier molecular flexibility index (Phi) is 6.85. The second-order valence-corrected chi connectivity index (χ2v) is 11.4. The van der Waals surface area contributed by atoms with Crippen molar-refractivity contribution >= 4 is 26.8 Å². The minimum absolute atomic E-state index is 0.0229. The summed E-state index contributed by atoms with van der Waals surface area (Å²) >= 11 is 0. The zero-order valence-corrected chi connectivity index (χ0v) is 20.6. The first-order valence-corrected chi connectivity index (χ1v) is 13.7. The van der Waals surface area contributed by atoms with Crippen LogP contribution in [0.15, 0.2) is 45.6 Å². The molecule has 2 aliphatic heterocycles. The molecular formula is C25H25FN4O6S. The molecule has 37 heavy (non-hydrogen) atoms. The van der Waals surface area contributed by atoms with E-state index >= 15 is 4.39 Å². The zero-order valence-electron chi connectivity index (χ0n) is 19.8. The second-order valence-electron chi connectivity index (χ2n) is 9.27. The van der Waals surface area contributed by atoms with Crippen molar-refractivity contribution in [3.8, 4) is 17.2 Å². The second kappa shape index (κ2) is 10.1. The van der Waals surface area contributed by atoms with Gasteiger partial charge in [-0.15, -0.1) is 0 Å². The molecule has 0 radical (unpaired) electrons. The molecule has 0 bridgehead atoms. The molecule has 3 aromatic rings. The maximum atomic E-state index is 15.1. The van der Waals surface area contributed by atoms with Gasteiger partial charge in [0.2, 0.25) is 0 Å². The van der Waals surface area contributed by atoms with Crippen LogP contribution in [0.3, 0.4) is 0 Å². The number of aromatic nitrogens is 1. The van der Waals surface area contributed by atoms with Crippen molar-refractivity contribution in [1.29, 1.82) is 5.26 Å². The molecule has 12 heteroatoms. The molecule has 0 spiro atoms. The maximum Gasteiger partial charge on any atom is 0.420 e. The first kappa shape index (κ1) is 25.1. The molecule has 10 nitrogen and oxygen atoms in total. The number of nitriles is 1. The van der Waals surface area contributed by atoms with Crippen molar-refractivity contribution < 1.29 is 26.8 Å². The molecule has 2 atom stereocenters. The molecule has 1 aromatic heterocycles. The van der Waals surface area contributed by atoms with Gasteiger partial charge in [-0.1, -0.05) is 18.2 Å². The average Bonchev–Trinajstić information content (AvgIpc) is 3.00. The van der Waals surface area contributed by atoms with Gasteiger partial charge in [-0.05, 0) is 47.9 Å². The Balaban J connectivity index is 1.33. The average molecular weight is 529 g/mol. The Morgan fingerprint density at radius 1 is 1.24 bits per heavy atom. The molecule has 1 amide bonds. The van der Waals surface area contributed by atoms with Gasteiger partial charge in [0.1, 0.15) is 18.0 Å². The predicted molar refractivity (Wildman–Crippen MR) is 132 cm³/mol. The molecule has 2 saturated heterocycles. The van der Waals surface area contributed by atoms with Crippen molar-refractivity contribution in [1.82, 2.24) is 15.2 Å². The number of sulfone groups is 1. The highest BCUT2D eigenvalue weighted by Crippen LogP contribution is 2.30. The van der Waals surface area contributed by atoms with Gasteiger partial charge in [0, 0.05) is 19.6 Å². The molecule has 2 aromatic carbocycles. The van der Waals surface area contributed by atoms with Gasteiger partial charge in [0.25, 0.3) is 5.91 Å². The van der Waals surface area contributed by atoms with Gasteiger partial charge >= 0.3 is 5.76 Å². The fraction of sp³-hybridized carbons (Fsp3) is 0.400. The first-order valence-electron chi connectivity index (χ1n) is 11.9. The third-order valence-electron chi connectivity index (χ3n) is 6.59. The number of ether oxygens (including phenoxy) is 1. The Hall–Kier alpha value is -3.53. The summed E-state index contributed by atoms with van der Waals surface area (Å²) in [4.78, 5) is 24.8. The van der Waals surface area contributed by atoms with Crippen molar-refractivity contribution in [3.63, 3.8) is 0 Å². The number of nitrogens with zero attached hydrogens (tertiary/aromatic N) is 2. The fourth-order valence-electron chi connectivity index (χ4n) is 4.63. The third kappa shape index (κ3) is 5.29. The van der Waals surface area contributed by atoms with Gasteiger partial charge in [0.05, 0.1) is 29.1 Å². The first-order chi connectivity index (χ1) is 17.7. The number of amides is 1. The van der Waals surface area contributed by atoms with E-state index in [2.05, 4.69) is 10.6 Å². The Labute approximate surface area is 211 Å². The monoisotopic (exact) mass is 528 g/mol. The molecule has 3 heterocycles. The van der Waals surface area contributed by atoms with Crippen LogP contribution in [0.1, 0.15) is 18.0 Å². The third-order valence-corrected chi connectivity index (χ3v) is 8.38. The summed E-state index contributed by atoms with van der Waals surface area (Å²) < 4.78 is 50.4. The van der Waals surface area contributed by atoms with Crippen LogP contribution in [0.2, 0.25) is 0 Å². The highest BCUT2D eigenvalue weighted by Gasteiger charge is 2.37. The number of nitrogens with one attached hydrogen (secondary N) is 2. The van der Waals surface area contributed by atoms with Crippen LogP contribution in [0.5, 0.6) is 0 Å². The molecule has 0 unspecified atom stereocenters. The summed E-state index contributed by atoms with van der Waals surface area (Å²) in [7, 11) is -3.15. The highest BCUT2D eigenvalue weighted by atomic mass is 32.2. The number of fused-ring (bicyclic) bond motifs is 1. The molecule has 0 aliphatic carbocycles. The van der Waals surface area contributed by atoms with E-state index in [1.54, 1.807) is 30.3 Å². The Bertz CT molecular complexity index is 1540. The van der Waals surface area contributed by atoms with Crippen LogP contribution in [0.4, 0.5) is 4.39 Å². The summed E-state index contributed by atoms with van der Waals surface area (Å²) in [6.45, 7) is 1.54. The predicted octanol–water partition coefficient (Wildman–Crippen LogP) is 1.30. The standard InChI is InChI=1S/C25H25FN4O6S/c26-20-9-15(2-3-17(20)8-18(11-27)29-24(31)23-12-28-6-1-7-35-23)16-4-5-22-21(10-16)30(25(32)36-22)19-13-37(33,34)14-19/h2-5,9-10,18-19,23,28H,1,6-8,12-14H2,(H,29,31)/t18-,23-/m0/s1. The smallest absolute Gasteiger partial charge is 0.408 e. The lowest BCUT2D eigenvalue weighted by Crippen LogP contribution is -2.46. The highest BCUT2D eigenvalue weighted by molar-refractivity contribution is 7.92. The van der Waals surface area contributed by atoms with Crippen molar-refractivity contribution in [3.05, 3.63) is 58.3 Å². The summed E-state index contributed by atoms with van der Waals surface area (Å²) in [5, 5.41) is 15.3. The van der Waals surface area contributed by atoms with Crippen molar-refractivity contribution in [2.24, 2.45) is 0 Å². The molecule has 5 rings (SSSR count). The summed E-state index contributed by atoms with van der Waals surface area (Å²) in [6, 6.07) is 10.1. The lowest BCUT2D eigenvalue weighted by atomic mass is 9.99. The lowest BCUT2D eigenvalue weighted by molar-refractivity contribution is -0.132. The zero-order chi connectivity index (χ0) is 26.2. The van der Waals surface area contributed by atoms with Gasteiger partial charge < -0.3 is 19.8 Å². The number of benzene rings is 2. The number of carbonyl (C=O) groups is 1. The largest absolute Gasteiger partial charge is 0.420 e. The molecule has 0 saturated carbocycles. The summed E-state index contributed by atoms with van der Waals surface area (Å²) in [5.41, 5.74) is 2.15. The van der Waals surface area contributed by atoms with Crippen molar-refractivity contribution in [2.75, 3.05) is 31.2 Å². The summed E-state index contributed by atoms with van der Waals surface area (Å²) in [5.74, 6) is -1.86. The quantitative estimate of drug-likeness (QED) is 0.487. The Morgan fingerprint density at radius 2 is 2.00 bits per heavy atom. The van der Waals surface area contributed by atoms with Crippen LogP contribution in [-0.2, 0) is 25.8 Å². The molecule has 2 N–H and O–H groups in total. The minimum Gasteiger partial charge on any atom is -0.408 e. The van der Waals surface area contributed by atoms with Gasteiger partial charge in [-0.25, -0.2) is 17.6 Å². The van der Waals surface area contributed by atoms with E-state index < -0.39 is 45.5 Å². The normalized spacial score (nSPS) is 20.5. The van der Waals surface area contributed by atoms with Gasteiger partial charge in [0.15, 0.2) is 15.4 Å². The molecule has 2 fully saturated rings. The van der Waals surface area contributed by atoms with E-state index in [1.807, 2.05) is 6.07 Å². The van der Waals surface area contributed by atoms with E-state index in [-0.39, 0.29) is 23.5 Å². The summed E-state index contributed by atoms with van der Waals surface area (Å²) in [6.07, 6.45) is 0.0584. The van der Waals surface area contributed by atoms with Gasteiger partial charge in [-0.2, -0.15) is 5.26 Å². The lowest BCUT2D eigenvalue weighted by Gasteiger charge is -2.26. The van der Waals surface area contributed by atoms with E-state index in [0.717, 1.165) is 13.0 Å². The molecule has 194 valence electrons. The fourth-order valence-corrected chi connectivity index (χ4v) is 6.01. The number of halogens is 1. The van der Waals surface area contributed by atoms with E-state index in [1.165, 1.54) is 10.6 Å². The van der Waals surface area contributed by atoms with Crippen LogP contribution in [-0.4, -0.2) is 62.2 Å². The number of rotatable bonds is 6. The number of oxazole rings is 1. The van der Waals surface area contributed by atoms with E-state index in [0.29, 0.717) is 35.4 Å². The van der Waals surface area contributed by atoms with Crippen LogP contribution >= 0.6 is 0 Å². The molecule has 2 aliphatic rings. The minimum atomic E-state index is -3.15. The SMILES string of the molecule is N#C[C@H](Cc1ccc(-c2ccc3oc(=O)n(C4CS(=O)(=O)C4)c3c2)cc1F)NC(=O)[C@@H]1CNCCCO1. The van der Waals surface area contributed by atoms with E-state index in [4.69, 9.17) is 9.15 Å². The van der Waals surface area contributed by atoms with Crippen LogP contribution in [0.25, 0.3) is 22.2 Å². The van der Waals surface area contributed by atoms with Gasteiger partial charge in [-0.3, -0.25) is 9.36 Å². The number of hydrogen-bond donors (Lipinski definition) is 2. The van der Waals surface area contributed by atoms with Crippen LogP contribution < -0.4 is 16.4 Å². The number of carbonyl (C=O) groups excluding carboxylic acids is 1. The maximum absolute atomic E-state index is 15.1. The molecular weight excluding hydrogens is 503 g/mol.